The zero-order chi connectivity index (χ0) is 53.1. The number of nitro groups is 1. The van der Waals surface area contributed by atoms with Crippen LogP contribution in [0.25, 0.3) is 10.8 Å². The lowest BCUT2D eigenvalue weighted by molar-refractivity contribution is -0.384. The minimum Gasteiger partial charge on any atom is -0.492 e. The molecule has 6 atom stereocenters. The van der Waals surface area contributed by atoms with Crippen LogP contribution in [0.3, 0.4) is 0 Å². The number of carbonyl (C=O) groups excluding carboxylic acids is 1. The molecule has 2 fully saturated rings. The summed E-state index contributed by atoms with van der Waals surface area (Å²) < 4.78 is 27.7. The summed E-state index contributed by atoms with van der Waals surface area (Å²) in [5.41, 5.74) is 4.16. The normalized spacial score (nSPS) is 22.0. The Bertz CT molecular complexity index is 2560. The number of ether oxygens (including phenoxy) is 4. The van der Waals surface area contributed by atoms with Crippen LogP contribution in [-0.4, -0.2) is 101 Å². The van der Waals surface area contributed by atoms with Crippen molar-refractivity contribution in [3.63, 3.8) is 0 Å². The summed E-state index contributed by atoms with van der Waals surface area (Å²) >= 11 is 0. The Balaban J connectivity index is 1.24. The van der Waals surface area contributed by atoms with Crippen molar-refractivity contribution >= 4 is 28.3 Å². The van der Waals surface area contributed by atoms with E-state index in [1.54, 1.807) is 18.2 Å². The molecule has 2 heterocycles. The minimum atomic E-state index is -1.50. The third-order valence-corrected chi connectivity index (χ3v) is 16.0. The van der Waals surface area contributed by atoms with E-state index in [0.717, 1.165) is 97.8 Å². The molecule has 2 N–H and O–H groups in total. The number of rotatable bonds is 33. The predicted molar refractivity (Wildman–Crippen MR) is 297 cm³/mol. The maximum Gasteiger partial charge on any atom is 0.410 e. The van der Waals surface area contributed by atoms with Crippen molar-refractivity contribution in [2.24, 2.45) is 22.9 Å². The molecule has 1 saturated heterocycles. The summed E-state index contributed by atoms with van der Waals surface area (Å²) in [6, 6.07) is 25.9. The number of aliphatic hydroxyl groups is 2. The van der Waals surface area contributed by atoms with Gasteiger partial charge in [-0.05, 0) is 102 Å². The molecular weight excluding hydrogens is 961 g/mol. The summed E-state index contributed by atoms with van der Waals surface area (Å²) in [4.78, 5) is 37.0. The Kier molecular flexibility index (Phi) is 21.2. The smallest absolute Gasteiger partial charge is 0.410 e. The quantitative estimate of drug-likeness (QED) is 0.0153. The molecule has 4 aliphatic rings. The number of carbonyl (C=O) groups is 1. The fourth-order valence-corrected chi connectivity index (χ4v) is 12.0. The molecule has 0 aromatic heterocycles. The maximum absolute atomic E-state index is 15.4. The van der Waals surface area contributed by atoms with Crippen LogP contribution in [0.15, 0.2) is 114 Å². The molecule has 4 aromatic carbocycles. The molecule has 14 heteroatoms. The zero-order valence-corrected chi connectivity index (χ0v) is 44.9. The molecule has 14 nitrogen and oxygen atoms in total. The van der Waals surface area contributed by atoms with Crippen LogP contribution in [-0.2, 0) is 27.5 Å². The average Bonchev–Trinajstić information content (AvgIpc) is 4.30. The lowest BCUT2D eigenvalue weighted by atomic mass is 9.55. The van der Waals surface area contributed by atoms with E-state index in [1.807, 2.05) is 35.2 Å². The number of hydrogen-bond donors (Lipinski definition) is 2. The van der Waals surface area contributed by atoms with E-state index in [9.17, 15) is 20.3 Å². The van der Waals surface area contributed by atoms with E-state index in [-0.39, 0.29) is 69.4 Å². The zero-order valence-electron chi connectivity index (χ0n) is 44.9. The van der Waals surface area contributed by atoms with Crippen LogP contribution in [0, 0.1) is 27.9 Å². The van der Waals surface area contributed by atoms with E-state index >= 15 is 4.79 Å². The average molecular weight is 1040 g/mol. The van der Waals surface area contributed by atoms with E-state index in [0.29, 0.717) is 36.5 Å². The molecule has 0 bridgehead atoms. The first-order valence-corrected chi connectivity index (χ1v) is 28.5. The molecule has 2 aliphatic heterocycles. The van der Waals surface area contributed by atoms with E-state index in [2.05, 4.69) is 54.8 Å². The van der Waals surface area contributed by atoms with Crippen LogP contribution in [0.2, 0.25) is 0 Å². The van der Waals surface area contributed by atoms with Crippen LogP contribution in [0.1, 0.15) is 139 Å². The number of nitro benzene ring substituents is 1. The second-order valence-electron chi connectivity index (χ2n) is 21.2. The molecule has 410 valence electrons. The number of allylic oxidation sites excluding steroid dienone is 1. The van der Waals surface area contributed by atoms with Gasteiger partial charge in [0.15, 0.2) is 0 Å². The highest BCUT2D eigenvalue weighted by Gasteiger charge is 2.66. The third-order valence-electron chi connectivity index (χ3n) is 16.0. The van der Waals surface area contributed by atoms with Gasteiger partial charge < -0.3 is 34.0 Å². The van der Waals surface area contributed by atoms with Crippen LogP contribution >= 0.6 is 0 Å². The van der Waals surface area contributed by atoms with Gasteiger partial charge in [0.25, 0.3) is 5.69 Å². The Morgan fingerprint density at radius 3 is 2.33 bits per heavy atom. The largest absolute Gasteiger partial charge is 0.492 e. The van der Waals surface area contributed by atoms with Crippen molar-refractivity contribution < 1.29 is 43.7 Å². The van der Waals surface area contributed by atoms with Crippen molar-refractivity contribution in [1.82, 2.24) is 9.80 Å². The highest BCUT2D eigenvalue weighted by molar-refractivity contribution is 6.03. The first-order chi connectivity index (χ1) is 37.3. The number of unbranched alkanes of at least 4 members (excludes halogenated alkanes) is 11. The summed E-state index contributed by atoms with van der Waals surface area (Å²) in [6.45, 7) is 10.7. The van der Waals surface area contributed by atoms with Gasteiger partial charge in [-0.3, -0.25) is 19.9 Å². The maximum atomic E-state index is 15.4. The molecule has 0 spiro atoms. The monoisotopic (exact) mass is 1040 g/mol. The Hall–Kier alpha value is -5.80. The minimum absolute atomic E-state index is 0.0154. The van der Waals surface area contributed by atoms with Crippen LogP contribution in [0.5, 0.6) is 11.5 Å². The Morgan fingerprint density at radius 2 is 1.61 bits per heavy atom. The first-order valence-electron chi connectivity index (χ1n) is 28.5. The Labute approximate surface area is 450 Å². The summed E-state index contributed by atoms with van der Waals surface area (Å²) in [7, 11) is 0. The van der Waals surface area contributed by atoms with Crippen molar-refractivity contribution in [2.45, 2.75) is 147 Å². The number of non-ortho nitro benzene ring substituents is 1. The van der Waals surface area contributed by atoms with E-state index < -0.39 is 28.8 Å². The lowest BCUT2D eigenvalue weighted by Gasteiger charge is -2.60. The van der Waals surface area contributed by atoms with Crippen LogP contribution < -0.4 is 9.47 Å². The molecule has 8 rings (SSSR count). The SMILES string of the molecule is C=CCO[C@@]12Oc3ccc(OCCN4CC4)cc3[C@H]3[C@H](CCCCO)[C@@H](CCCCO)C=C(C(=NOCc4ccc([N+](=O)[O-])cc4)C[C@@H]1N(Cc1cccc4ccccc14)C(=O)OCCCCCCCCCCCC)[C@H]32. The first kappa shape index (κ1) is 56.4. The number of fused-ring (bicyclic) bond motifs is 3. The summed E-state index contributed by atoms with van der Waals surface area (Å²) in [5, 5.41) is 38.8. The fourth-order valence-electron chi connectivity index (χ4n) is 12.0. The second-order valence-corrected chi connectivity index (χ2v) is 21.2. The van der Waals surface area contributed by atoms with E-state index in [4.69, 9.17) is 28.9 Å². The molecule has 76 heavy (non-hydrogen) atoms. The standard InChI is InChI=1S/C62H82N4O10/c1-3-5-6-7-8-9-10-11-12-19-39-73-61(69)65(44-49-24-20-23-47-21-13-14-25-52(47)49)58-43-56(63-75-45-46-27-29-50(30-28-46)66(70)71)54-41-48(22-15-17-36-67)53(26-16-18-37-68)59-55-42-51(72-40-35-64-33-34-64)31-32-57(55)76-62(58,60(54)59)74-38-4-2/h4,13-14,20-21,23-25,27-32,41-42,48,53,58-60,67-68H,2-3,5-12,15-19,22,26,33-40,43-45H2,1H3/t48-,53+,58-,59+,60+,62+/m0/s1. The summed E-state index contributed by atoms with van der Waals surface area (Å²) in [5.74, 6) is -0.828. The number of aliphatic hydroxyl groups excluding tert-OH is 2. The van der Waals surface area contributed by atoms with Gasteiger partial charge in [-0.15, -0.1) is 6.58 Å². The van der Waals surface area contributed by atoms with Crippen molar-refractivity contribution in [2.75, 3.05) is 52.7 Å². The molecule has 1 amide bonds. The highest BCUT2D eigenvalue weighted by Crippen LogP contribution is 2.62. The van der Waals surface area contributed by atoms with Gasteiger partial charge in [-0.25, -0.2) is 4.79 Å². The van der Waals surface area contributed by atoms with Gasteiger partial charge in [0.2, 0.25) is 5.79 Å². The lowest BCUT2D eigenvalue weighted by Crippen LogP contribution is -2.70. The molecule has 2 aliphatic carbocycles. The molecule has 0 unspecified atom stereocenters. The number of oxime groups is 1. The van der Waals surface area contributed by atoms with Gasteiger partial charge >= 0.3 is 6.09 Å². The van der Waals surface area contributed by atoms with Crippen molar-refractivity contribution in [3.05, 3.63) is 136 Å². The molecule has 0 radical (unpaired) electrons. The second kappa shape index (κ2) is 28.5. The van der Waals surface area contributed by atoms with Crippen molar-refractivity contribution in [1.29, 1.82) is 0 Å². The number of hydrogen-bond acceptors (Lipinski definition) is 12. The number of benzene rings is 4. The van der Waals surface area contributed by atoms with Crippen molar-refractivity contribution in [3.8, 4) is 11.5 Å². The predicted octanol–water partition coefficient (Wildman–Crippen LogP) is 12.8. The van der Waals surface area contributed by atoms with Gasteiger partial charge in [0.05, 0.1) is 36.3 Å². The van der Waals surface area contributed by atoms with Crippen LogP contribution in [0.4, 0.5) is 10.5 Å². The molecule has 4 aromatic rings. The highest BCUT2D eigenvalue weighted by atomic mass is 16.7. The Morgan fingerprint density at radius 1 is 0.882 bits per heavy atom. The topological polar surface area (TPSA) is 165 Å². The fraction of sp³-hybridized carbons (Fsp3) is 0.548. The van der Waals surface area contributed by atoms with Gasteiger partial charge in [-0.2, -0.15) is 0 Å². The van der Waals surface area contributed by atoms with Gasteiger partial charge in [-0.1, -0.05) is 137 Å². The van der Waals surface area contributed by atoms with E-state index in [1.165, 1.54) is 57.1 Å². The molecular formula is C62H82N4O10. The van der Waals surface area contributed by atoms with Gasteiger partial charge in [0, 0.05) is 62.9 Å². The third kappa shape index (κ3) is 14.4. The molecule has 1 saturated carbocycles. The summed E-state index contributed by atoms with van der Waals surface area (Å²) in [6.07, 6.45) is 19.8. The number of nitrogens with zero attached hydrogens (tertiary/aromatic N) is 4. The van der Waals surface area contributed by atoms with Gasteiger partial charge in [0.1, 0.15) is 30.8 Å². The number of amides is 1.